The van der Waals surface area contributed by atoms with Crippen LogP contribution in [0.2, 0.25) is 0 Å². The topological polar surface area (TPSA) is 60.6 Å². The molecule has 4 aromatic heterocycles. The van der Waals surface area contributed by atoms with Crippen molar-refractivity contribution >= 4 is 11.5 Å². The third-order valence-corrected chi connectivity index (χ3v) is 5.70. The lowest BCUT2D eigenvalue weighted by Crippen LogP contribution is -2.12. The summed E-state index contributed by atoms with van der Waals surface area (Å²) in [7, 11) is 0. The van der Waals surface area contributed by atoms with Crippen LogP contribution in [0.1, 0.15) is 31.0 Å². The molecule has 30 heavy (non-hydrogen) atoms. The lowest BCUT2D eigenvalue weighted by Gasteiger charge is -2.23. The molecule has 1 aliphatic rings. The lowest BCUT2D eigenvalue weighted by molar-refractivity contribution is 0.399. The number of benzene rings is 1. The van der Waals surface area contributed by atoms with Gasteiger partial charge in [-0.1, -0.05) is 6.42 Å². The molecule has 6 nitrogen and oxygen atoms in total. The number of fused-ring (bicyclic) bond motifs is 2. The average Bonchev–Trinajstić information content (AvgIpc) is 3.38. The van der Waals surface area contributed by atoms with Crippen LogP contribution in [0, 0.1) is 17.5 Å². The molecule has 4 heterocycles. The summed E-state index contributed by atoms with van der Waals surface area (Å²) < 4.78 is 50.9. The molecule has 0 radical (unpaired) electrons. The van der Waals surface area contributed by atoms with E-state index in [4.69, 9.17) is 4.42 Å². The Morgan fingerprint density at radius 2 is 1.80 bits per heavy atom. The second-order valence-electron chi connectivity index (χ2n) is 7.44. The first-order valence-electron chi connectivity index (χ1n) is 9.55. The van der Waals surface area contributed by atoms with E-state index in [-0.39, 0.29) is 17.1 Å². The molecule has 1 aliphatic carbocycles. The van der Waals surface area contributed by atoms with Crippen molar-refractivity contribution in [1.29, 1.82) is 0 Å². The summed E-state index contributed by atoms with van der Waals surface area (Å²) in [6, 6.07) is 4.96. The van der Waals surface area contributed by atoms with Crippen LogP contribution >= 0.6 is 0 Å². The average molecular weight is 409 g/mol. The van der Waals surface area contributed by atoms with Crippen molar-refractivity contribution in [1.82, 2.24) is 24.0 Å². The smallest absolute Gasteiger partial charge is 0.306 e. The van der Waals surface area contributed by atoms with E-state index in [1.165, 1.54) is 6.26 Å². The summed E-state index contributed by atoms with van der Waals surface area (Å²) in [5.74, 6) is -1.85. The predicted octanol–water partition coefficient (Wildman–Crippen LogP) is 4.99. The zero-order chi connectivity index (χ0) is 20.4. The zero-order valence-electron chi connectivity index (χ0n) is 15.5. The number of aromatic nitrogens is 5. The number of hydrogen-bond donors (Lipinski definition) is 0. The van der Waals surface area contributed by atoms with Gasteiger partial charge in [0.1, 0.15) is 23.6 Å². The minimum Gasteiger partial charge on any atom is -0.432 e. The first-order chi connectivity index (χ1) is 14.6. The van der Waals surface area contributed by atoms with Gasteiger partial charge in [-0.25, -0.2) is 13.2 Å². The van der Waals surface area contributed by atoms with E-state index in [0.29, 0.717) is 28.9 Å². The summed E-state index contributed by atoms with van der Waals surface area (Å²) in [5.41, 5.74) is 1.90. The van der Waals surface area contributed by atoms with Gasteiger partial charge < -0.3 is 4.42 Å². The van der Waals surface area contributed by atoms with Crippen LogP contribution in [0.15, 0.2) is 47.3 Å². The van der Waals surface area contributed by atoms with Gasteiger partial charge in [0.25, 0.3) is 0 Å². The van der Waals surface area contributed by atoms with Gasteiger partial charge in [0.2, 0.25) is 0 Å². The Kier molecular flexibility index (Phi) is 3.56. The fourth-order valence-corrected chi connectivity index (χ4v) is 3.95. The number of oxazole rings is 1. The highest BCUT2D eigenvalue weighted by atomic mass is 19.2. The second-order valence-corrected chi connectivity index (χ2v) is 7.44. The quantitative estimate of drug-likeness (QED) is 0.394. The van der Waals surface area contributed by atoms with Gasteiger partial charge in [-0.3, -0.25) is 8.80 Å². The third-order valence-electron chi connectivity index (χ3n) is 5.70. The van der Waals surface area contributed by atoms with Crippen LogP contribution < -0.4 is 0 Å². The van der Waals surface area contributed by atoms with E-state index < -0.39 is 17.5 Å². The van der Waals surface area contributed by atoms with E-state index in [9.17, 15) is 13.2 Å². The number of hydrogen-bond acceptors (Lipinski definition) is 4. The minimum absolute atomic E-state index is 0.147. The maximum Gasteiger partial charge on any atom is 0.306 e. The van der Waals surface area contributed by atoms with Crippen LogP contribution in [0.25, 0.3) is 34.0 Å². The first-order valence-corrected chi connectivity index (χ1v) is 9.55. The van der Waals surface area contributed by atoms with E-state index in [0.717, 1.165) is 31.2 Å². The Bertz CT molecular complexity index is 1430. The molecular weight excluding hydrogens is 395 g/mol. The number of nitrogens with zero attached hydrogens (tertiary/aromatic N) is 5. The fourth-order valence-electron chi connectivity index (χ4n) is 3.95. The minimum atomic E-state index is -1.25. The van der Waals surface area contributed by atoms with Gasteiger partial charge in [0.05, 0.1) is 5.69 Å². The Morgan fingerprint density at radius 1 is 0.967 bits per heavy atom. The highest BCUT2D eigenvalue weighted by Gasteiger charge is 2.26. The number of rotatable bonds is 3. The number of halogens is 3. The summed E-state index contributed by atoms with van der Waals surface area (Å²) in [4.78, 5) is 4.33. The zero-order valence-corrected chi connectivity index (χ0v) is 15.5. The summed E-state index contributed by atoms with van der Waals surface area (Å²) in [5, 5.41) is 8.56. The first kappa shape index (κ1) is 17.3. The van der Waals surface area contributed by atoms with Crippen molar-refractivity contribution in [2.75, 3.05) is 0 Å². The molecule has 6 rings (SSSR count). The highest BCUT2D eigenvalue weighted by Crippen LogP contribution is 2.38. The Morgan fingerprint density at radius 3 is 2.60 bits per heavy atom. The molecule has 0 spiro atoms. The van der Waals surface area contributed by atoms with E-state index in [1.54, 1.807) is 10.6 Å². The van der Waals surface area contributed by atoms with E-state index in [2.05, 4.69) is 15.2 Å². The van der Waals surface area contributed by atoms with Gasteiger partial charge in [0.15, 0.2) is 17.3 Å². The number of imidazole rings is 1. The van der Waals surface area contributed by atoms with Gasteiger partial charge in [0, 0.05) is 35.5 Å². The molecule has 0 saturated heterocycles. The van der Waals surface area contributed by atoms with Crippen LogP contribution in [0.5, 0.6) is 0 Å². The fraction of sp³-hybridized carbons (Fsp3) is 0.190. The highest BCUT2D eigenvalue weighted by molar-refractivity contribution is 5.81. The number of pyridine rings is 1. The van der Waals surface area contributed by atoms with Crippen molar-refractivity contribution in [2.45, 2.75) is 25.2 Å². The van der Waals surface area contributed by atoms with Crippen LogP contribution in [-0.4, -0.2) is 24.0 Å². The van der Waals surface area contributed by atoms with E-state index >= 15 is 0 Å². The monoisotopic (exact) mass is 409 g/mol. The van der Waals surface area contributed by atoms with Crippen LogP contribution in [-0.2, 0) is 0 Å². The molecular formula is C21H14F3N5O. The SMILES string of the molecule is Fc1cc(F)c(-c2nc3occn3c2-c2ccc3nnc(C4CCC4)n3c2)cc1F. The Balaban J connectivity index is 1.60. The van der Waals surface area contributed by atoms with Crippen LogP contribution in [0.4, 0.5) is 13.2 Å². The molecule has 150 valence electrons. The molecule has 0 N–H and O–H groups in total. The van der Waals surface area contributed by atoms with Crippen molar-refractivity contribution in [3.63, 3.8) is 0 Å². The standard InChI is InChI=1S/C21H14F3N5O/c22-14-9-16(24)15(23)8-13(14)18-19(28-6-7-30-21(28)25-18)12-4-5-17-26-27-20(29(17)10-12)11-2-1-3-11/h4-11H,1-3H2. The molecule has 1 aromatic carbocycles. The van der Waals surface area contributed by atoms with Gasteiger partial charge in [-0.05, 0) is 31.0 Å². The summed E-state index contributed by atoms with van der Waals surface area (Å²) in [6.45, 7) is 0. The molecule has 0 unspecified atom stereocenters. The molecule has 1 saturated carbocycles. The Hall–Kier alpha value is -3.62. The van der Waals surface area contributed by atoms with Crippen molar-refractivity contribution in [3.05, 3.63) is 66.2 Å². The second kappa shape index (κ2) is 6.19. The van der Waals surface area contributed by atoms with Gasteiger partial charge >= 0.3 is 5.84 Å². The van der Waals surface area contributed by atoms with Crippen LogP contribution in [0.3, 0.4) is 0 Å². The molecule has 0 bridgehead atoms. The van der Waals surface area contributed by atoms with E-state index in [1.807, 2.05) is 22.7 Å². The Labute approximate surface area is 167 Å². The molecule has 9 heteroatoms. The summed E-state index contributed by atoms with van der Waals surface area (Å²) in [6.07, 6.45) is 8.25. The van der Waals surface area contributed by atoms with Gasteiger partial charge in [-0.2, -0.15) is 4.98 Å². The molecule has 1 fully saturated rings. The lowest BCUT2D eigenvalue weighted by atomic mass is 9.85. The molecule has 5 aromatic rings. The normalized spacial score (nSPS) is 14.6. The maximum absolute atomic E-state index is 14.6. The molecule has 0 aliphatic heterocycles. The van der Waals surface area contributed by atoms with Crippen molar-refractivity contribution in [2.24, 2.45) is 0 Å². The summed E-state index contributed by atoms with van der Waals surface area (Å²) >= 11 is 0. The predicted molar refractivity (Wildman–Crippen MR) is 101 cm³/mol. The molecule has 0 atom stereocenters. The van der Waals surface area contributed by atoms with Gasteiger partial charge in [-0.15, -0.1) is 10.2 Å². The van der Waals surface area contributed by atoms with Crippen molar-refractivity contribution in [3.8, 4) is 22.5 Å². The third kappa shape index (κ3) is 2.41. The van der Waals surface area contributed by atoms with Crippen molar-refractivity contribution < 1.29 is 17.6 Å². The largest absolute Gasteiger partial charge is 0.432 e. The molecule has 0 amide bonds. The maximum atomic E-state index is 14.6.